The molecule has 134 valence electrons. The topological polar surface area (TPSA) is 78.1 Å². The molecule has 0 saturated heterocycles. The van der Waals surface area contributed by atoms with Gasteiger partial charge in [0.25, 0.3) is 0 Å². The van der Waals surface area contributed by atoms with Gasteiger partial charge in [-0.15, -0.1) is 0 Å². The van der Waals surface area contributed by atoms with Crippen LogP contribution in [0.1, 0.15) is 89.9 Å². The largest absolute Gasteiger partial charge is 0.327 e. The van der Waals surface area contributed by atoms with Gasteiger partial charge >= 0.3 is 0 Å². The molecule has 3 aliphatic carbocycles. The van der Waals surface area contributed by atoms with Crippen LogP contribution < -0.4 is 17.2 Å². The van der Waals surface area contributed by atoms with Gasteiger partial charge in [0.15, 0.2) is 0 Å². The molecule has 0 spiro atoms. The van der Waals surface area contributed by atoms with Crippen molar-refractivity contribution in [2.24, 2.45) is 35.0 Å². The van der Waals surface area contributed by atoms with Crippen LogP contribution >= 0.6 is 0 Å². The van der Waals surface area contributed by atoms with Crippen molar-refractivity contribution in [3.8, 4) is 0 Å². The van der Waals surface area contributed by atoms with Crippen LogP contribution in [0.4, 0.5) is 0 Å². The molecule has 0 aromatic carbocycles. The molecule has 3 nitrogen and oxygen atoms in total. The standard InChI is InChI=1S/C20H39N3/c21-18(15-9-3-1-4-10-15)17-13-7-8-14-20(17,23)19(22)16-11-5-2-6-12-16/h15-19H,1-14,21-23H2. The number of hydrogen-bond donors (Lipinski definition) is 3. The molecule has 3 rings (SSSR count). The van der Waals surface area contributed by atoms with E-state index in [2.05, 4.69) is 0 Å². The van der Waals surface area contributed by atoms with E-state index in [1.54, 1.807) is 0 Å². The molecule has 0 radical (unpaired) electrons. The van der Waals surface area contributed by atoms with Crippen molar-refractivity contribution in [2.75, 3.05) is 0 Å². The molecule has 23 heavy (non-hydrogen) atoms. The Morgan fingerprint density at radius 3 is 1.78 bits per heavy atom. The summed E-state index contributed by atoms with van der Waals surface area (Å²) in [5, 5.41) is 0. The first kappa shape index (κ1) is 17.7. The highest BCUT2D eigenvalue weighted by molar-refractivity contribution is 5.08. The summed E-state index contributed by atoms with van der Waals surface area (Å²) in [6.07, 6.45) is 18.2. The van der Waals surface area contributed by atoms with E-state index < -0.39 is 0 Å². The first-order valence-corrected chi connectivity index (χ1v) is 10.4. The summed E-state index contributed by atoms with van der Waals surface area (Å²) in [6.45, 7) is 0. The Kier molecular flexibility index (Phi) is 6.03. The summed E-state index contributed by atoms with van der Waals surface area (Å²) in [5.41, 5.74) is 20.5. The van der Waals surface area contributed by atoms with Crippen LogP contribution in [0.2, 0.25) is 0 Å². The fourth-order valence-electron chi connectivity index (χ4n) is 5.99. The van der Waals surface area contributed by atoms with Gasteiger partial charge in [-0.05, 0) is 56.3 Å². The van der Waals surface area contributed by atoms with Gasteiger partial charge in [0.1, 0.15) is 0 Å². The average molecular weight is 322 g/mol. The van der Waals surface area contributed by atoms with E-state index in [-0.39, 0.29) is 17.6 Å². The summed E-state index contributed by atoms with van der Waals surface area (Å²) in [6, 6.07) is 0.429. The van der Waals surface area contributed by atoms with E-state index in [0.717, 1.165) is 6.42 Å². The van der Waals surface area contributed by atoms with Crippen LogP contribution in [-0.4, -0.2) is 17.6 Å². The van der Waals surface area contributed by atoms with Crippen LogP contribution in [0.3, 0.4) is 0 Å². The Balaban J connectivity index is 1.73. The summed E-state index contributed by atoms with van der Waals surface area (Å²) in [5.74, 6) is 1.76. The van der Waals surface area contributed by atoms with Gasteiger partial charge in [0, 0.05) is 17.6 Å². The summed E-state index contributed by atoms with van der Waals surface area (Å²) < 4.78 is 0. The Labute approximate surface area is 143 Å². The molecule has 0 amide bonds. The minimum Gasteiger partial charge on any atom is -0.327 e. The SMILES string of the molecule is NC(C1CCCCC1)C1CCCCC1(N)C(N)C1CCCCC1. The van der Waals surface area contributed by atoms with E-state index in [1.165, 1.54) is 83.5 Å². The highest BCUT2D eigenvalue weighted by Crippen LogP contribution is 2.43. The summed E-state index contributed by atoms with van der Waals surface area (Å²) >= 11 is 0. The molecule has 3 aliphatic rings. The first-order chi connectivity index (χ1) is 11.1. The summed E-state index contributed by atoms with van der Waals surface area (Å²) in [4.78, 5) is 0. The second-order valence-electron chi connectivity index (χ2n) is 8.86. The maximum absolute atomic E-state index is 7.08. The fraction of sp³-hybridized carbons (Fsp3) is 1.00. The monoisotopic (exact) mass is 321 g/mol. The van der Waals surface area contributed by atoms with Gasteiger partial charge in [-0.25, -0.2) is 0 Å². The van der Waals surface area contributed by atoms with Crippen LogP contribution in [0, 0.1) is 17.8 Å². The zero-order valence-corrected chi connectivity index (χ0v) is 15.0. The van der Waals surface area contributed by atoms with Crippen molar-refractivity contribution < 1.29 is 0 Å². The normalized spacial score (nSPS) is 37.4. The third-order valence-corrected chi connectivity index (χ3v) is 7.50. The molecule has 4 unspecified atom stereocenters. The van der Waals surface area contributed by atoms with Gasteiger partial charge in [0.2, 0.25) is 0 Å². The van der Waals surface area contributed by atoms with Crippen molar-refractivity contribution in [1.29, 1.82) is 0 Å². The third kappa shape index (κ3) is 3.77. The lowest BCUT2D eigenvalue weighted by Gasteiger charge is -2.52. The molecule has 0 aromatic heterocycles. The van der Waals surface area contributed by atoms with E-state index >= 15 is 0 Å². The van der Waals surface area contributed by atoms with E-state index in [0.29, 0.717) is 17.8 Å². The highest BCUT2D eigenvalue weighted by atomic mass is 14.9. The van der Waals surface area contributed by atoms with Gasteiger partial charge in [-0.1, -0.05) is 51.4 Å². The molecule has 0 aromatic rings. The quantitative estimate of drug-likeness (QED) is 0.739. The van der Waals surface area contributed by atoms with Gasteiger partial charge < -0.3 is 17.2 Å². The number of hydrogen-bond acceptors (Lipinski definition) is 3. The van der Waals surface area contributed by atoms with Crippen LogP contribution in [0.25, 0.3) is 0 Å². The van der Waals surface area contributed by atoms with Crippen LogP contribution in [-0.2, 0) is 0 Å². The van der Waals surface area contributed by atoms with Crippen molar-refractivity contribution in [3.05, 3.63) is 0 Å². The third-order valence-electron chi connectivity index (χ3n) is 7.50. The Hall–Kier alpha value is -0.120. The molecule has 4 atom stereocenters. The summed E-state index contributed by atoms with van der Waals surface area (Å²) in [7, 11) is 0. The van der Waals surface area contributed by atoms with Crippen molar-refractivity contribution >= 4 is 0 Å². The maximum atomic E-state index is 7.08. The molecule has 6 N–H and O–H groups in total. The highest BCUT2D eigenvalue weighted by Gasteiger charge is 2.48. The number of nitrogens with two attached hydrogens (primary N) is 3. The van der Waals surface area contributed by atoms with Crippen molar-refractivity contribution in [1.82, 2.24) is 0 Å². The molecule has 3 saturated carbocycles. The first-order valence-electron chi connectivity index (χ1n) is 10.4. The van der Waals surface area contributed by atoms with Crippen LogP contribution in [0.5, 0.6) is 0 Å². The minimum absolute atomic E-state index is 0.155. The van der Waals surface area contributed by atoms with Gasteiger partial charge in [-0.2, -0.15) is 0 Å². The zero-order chi connectivity index (χ0) is 16.3. The Morgan fingerprint density at radius 1 is 0.652 bits per heavy atom. The van der Waals surface area contributed by atoms with Gasteiger partial charge in [-0.3, -0.25) is 0 Å². The molecular formula is C20H39N3. The van der Waals surface area contributed by atoms with Crippen molar-refractivity contribution in [2.45, 2.75) is 108 Å². The Morgan fingerprint density at radius 2 is 1.17 bits per heavy atom. The second kappa shape index (κ2) is 7.84. The maximum Gasteiger partial charge on any atom is 0.0354 e. The predicted molar refractivity (Wildman–Crippen MR) is 98.0 cm³/mol. The van der Waals surface area contributed by atoms with Gasteiger partial charge in [0.05, 0.1) is 0 Å². The minimum atomic E-state index is -0.211. The smallest absolute Gasteiger partial charge is 0.0354 e. The average Bonchev–Trinajstić information content (AvgIpc) is 2.62. The van der Waals surface area contributed by atoms with Crippen LogP contribution in [0.15, 0.2) is 0 Å². The molecule has 0 aliphatic heterocycles. The zero-order valence-electron chi connectivity index (χ0n) is 15.0. The van der Waals surface area contributed by atoms with E-state index in [1.807, 2.05) is 0 Å². The lowest BCUT2D eigenvalue weighted by Crippen LogP contribution is -2.68. The van der Waals surface area contributed by atoms with E-state index in [9.17, 15) is 0 Å². The molecule has 0 heterocycles. The fourth-order valence-corrected chi connectivity index (χ4v) is 5.99. The van der Waals surface area contributed by atoms with Crippen molar-refractivity contribution in [3.63, 3.8) is 0 Å². The lowest BCUT2D eigenvalue weighted by molar-refractivity contribution is 0.0700. The lowest BCUT2D eigenvalue weighted by atomic mass is 9.60. The Bertz CT molecular complexity index is 360. The molecular weight excluding hydrogens is 282 g/mol. The molecule has 0 bridgehead atoms. The van der Waals surface area contributed by atoms with E-state index in [4.69, 9.17) is 17.2 Å². The second-order valence-corrected chi connectivity index (χ2v) is 8.86. The molecule has 3 fully saturated rings. The number of rotatable bonds is 4. The predicted octanol–water partition coefficient (Wildman–Crippen LogP) is 3.69. The molecule has 3 heteroatoms.